The van der Waals surface area contributed by atoms with Gasteiger partial charge in [-0.15, -0.1) is 0 Å². The zero-order valence-corrected chi connectivity index (χ0v) is 12.0. The fourth-order valence-electron chi connectivity index (χ4n) is 1.57. The number of carbonyl (C=O) groups is 2. The first kappa shape index (κ1) is 14.1. The Kier molecular flexibility index (Phi) is 4.37. The van der Waals surface area contributed by atoms with E-state index in [4.69, 9.17) is 5.73 Å². The van der Waals surface area contributed by atoms with Gasteiger partial charge in [0.05, 0.1) is 5.69 Å². The van der Waals surface area contributed by atoms with Crippen molar-refractivity contribution in [2.24, 2.45) is 5.73 Å². The van der Waals surface area contributed by atoms with E-state index >= 15 is 0 Å². The number of hydrogen-bond donors (Lipinski definition) is 3. The predicted molar refractivity (Wildman–Crippen MR) is 81.7 cm³/mol. The van der Waals surface area contributed by atoms with Crippen molar-refractivity contribution in [3.8, 4) is 0 Å². The van der Waals surface area contributed by atoms with Crippen molar-refractivity contribution in [3.63, 3.8) is 0 Å². The molecule has 0 unspecified atom stereocenters. The normalized spacial score (nSPS) is 9.85. The minimum atomic E-state index is -0.505. The van der Waals surface area contributed by atoms with E-state index in [1.165, 1.54) is 0 Å². The van der Waals surface area contributed by atoms with Crippen LogP contribution in [0.2, 0.25) is 0 Å². The molecule has 0 saturated carbocycles. The van der Waals surface area contributed by atoms with E-state index in [9.17, 15) is 9.59 Å². The molecule has 2 aromatic rings. The average molecular weight is 334 g/mol. The van der Waals surface area contributed by atoms with E-state index in [-0.39, 0.29) is 6.03 Å². The first-order valence-corrected chi connectivity index (χ1v) is 6.58. The summed E-state index contributed by atoms with van der Waals surface area (Å²) in [5.74, 6) is -0.505. The maximum atomic E-state index is 11.8. The van der Waals surface area contributed by atoms with Crippen LogP contribution in [0.3, 0.4) is 0 Å². The van der Waals surface area contributed by atoms with Crippen LogP contribution in [0.25, 0.3) is 0 Å². The Hall–Kier alpha value is -2.34. The topological polar surface area (TPSA) is 84.2 Å². The van der Waals surface area contributed by atoms with Crippen LogP contribution in [0, 0.1) is 0 Å². The number of hydrogen-bond acceptors (Lipinski definition) is 2. The Morgan fingerprint density at radius 3 is 2.20 bits per heavy atom. The van der Waals surface area contributed by atoms with Crippen molar-refractivity contribution in [2.75, 3.05) is 10.6 Å². The van der Waals surface area contributed by atoms with Crippen LogP contribution < -0.4 is 16.4 Å². The molecule has 3 amide bonds. The minimum absolute atomic E-state index is 0.372. The van der Waals surface area contributed by atoms with E-state index in [1.807, 2.05) is 18.2 Å². The van der Waals surface area contributed by atoms with Gasteiger partial charge in [0, 0.05) is 15.7 Å². The highest BCUT2D eigenvalue weighted by Crippen LogP contribution is 2.21. The number of benzene rings is 2. The fraction of sp³-hybridized carbons (Fsp3) is 0. The molecule has 102 valence electrons. The van der Waals surface area contributed by atoms with Crippen LogP contribution in [0.15, 0.2) is 53.0 Å². The lowest BCUT2D eigenvalue weighted by Crippen LogP contribution is -2.19. The predicted octanol–water partition coefficient (Wildman–Crippen LogP) is 3.19. The van der Waals surface area contributed by atoms with Crippen molar-refractivity contribution in [1.82, 2.24) is 0 Å². The Balaban J connectivity index is 2.01. The molecule has 0 fully saturated rings. The summed E-state index contributed by atoms with van der Waals surface area (Å²) in [5, 5.41) is 5.37. The lowest BCUT2D eigenvalue weighted by atomic mass is 10.2. The molecule has 0 bridgehead atoms. The van der Waals surface area contributed by atoms with Gasteiger partial charge >= 0.3 is 6.03 Å². The first-order valence-electron chi connectivity index (χ1n) is 5.78. The Labute approximate surface area is 124 Å². The van der Waals surface area contributed by atoms with E-state index in [0.29, 0.717) is 16.9 Å². The summed E-state index contributed by atoms with van der Waals surface area (Å²) >= 11 is 3.34. The zero-order valence-electron chi connectivity index (χ0n) is 10.4. The van der Waals surface area contributed by atoms with Gasteiger partial charge in [0.15, 0.2) is 0 Å². The quantitative estimate of drug-likeness (QED) is 0.805. The summed E-state index contributed by atoms with van der Waals surface area (Å²) in [6, 6.07) is 13.2. The summed E-state index contributed by atoms with van der Waals surface area (Å²) in [6.07, 6.45) is 0. The molecule has 0 saturated heterocycles. The molecule has 0 aromatic heterocycles. The SMILES string of the molecule is NC(=O)c1ccc(NC(=O)Nc2ccccc2Br)cc1. The largest absolute Gasteiger partial charge is 0.366 e. The molecule has 0 aliphatic heterocycles. The number of rotatable bonds is 3. The molecule has 0 aliphatic rings. The molecule has 0 aliphatic carbocycles. The van der Waals surface area contributed by atoms with Crippen molar-refractivity contribution in [3.05, 3.63) is 58.6 Å². The van der Waals surface area contributed by atoms with Crippen molar-refractivity contribution in [2.45, 2.75) is 0 Å². The van der Waals surface area contributed by atoms with Crippen molar-refractivity contribution < 1.29 is 9.59 Å². The van der Waals surface area contributed by atoms with E-state index < -0.39 is 5.91 Å². The number of para-hydroxylation sites is 1. The van der Waals surface area contributed by atoms with E-state index in [2.05, 4.69) is 26.6 Å². The van der Waals surface area contributed by atoms with E-state index in [0.717, 1.165) is 4.47 Å². The van der Waals surface area contributed by atoms with Crippen molar-refractivity contribution in [1.29, 1.82) is 0 Å². The smallest absolute Gasteiger partial charge is 0.323 e. The van der Waals surface area contributed by atoms with Crippen LogP contribution in [0.4, 0.5) is 16.2 Å². The molecule has 5 nitrogen and oxygen atoms in total. The Morgan fingerprint density at radius 2 is 1.60 bits per heavy atom. The third-order valence-corrected chi connectivity index (χ3v) is 3.24. The van der Waals surface area contributed by atoms with Crippen LogP contribution in [0.1, 0.15) is 10.4 Å². The van der Waals surface area contributed by atoms with E-state index in [1.54, 1.807) is 30.3 Å². The van der Waals surface area contributed by atoms with Crippen molar-refractivity contribution >= 4 is 39.2 Å². The molecule has 2 rings (SSSR count). The first-order chi connectivity index (χ1) is 9.56. The third-order valence-electron chi connectivity index (χ3n) is 2.55. The van der Waals surface area contributed by atoms with Gasteiger partial charge in [0.2, 0.25) is 5.91 Å². The molecule has 0 heterocycles. The number of urea groups is 1. The van der Waals surface area contributed by atoms with Gasteiger partial charge in [-0.3, -0.25) is 4.79 Å². The number of primary amides is 1. The van der Waals surface area contributed by atoms with Gasteiger partial charge in [-0.2, -0.15) is 0 Å². The second kappa shape index (κ2) is 6.21. The highest BCUT2D eigenvalue weighted by Gasteiger charge is 2.06. The molecule has 20 heavy (non-hydrogen) atoms. The summed E-state index contributed by atoms with van der Waals surface area (Å²) in [4.78, 5) is 22.7. The number of amides is 3. The highest BCUT2D eigenvalue weighted by atomic mass is 79.9. The molecule has 0 spiro atoms. The minimum Gasteiger partial charge on any atom is -0.366 e. The molecular weight excluding hydrogens is 322 g/mol. The molecule has 2 aromatic carbocycles. The van der Waals surface area contributed by atoms with Gasteiger partial charge in [-0.25, -0.2) is 4.79 Å². The summed E-state index contributed by atoms with van der Waals surface area (Å²) in [6.45, 7) is 0. The number of halogens is 1. The summed E-state index contributed by atoms with van der Waals surface area (Å²) < 4.78 is 0.791. The van der Waals surface area contributed by atoms with Gasteiger partial charge < -0.3 is 16.4 Å². The standard InChI is InChI=1S/C14H12BrN3O2/c15-11-3-1-2-4-12(11)18-14(20)17-10-7-5-9(6-8-10)13(16)19/h1-8H,(H2,16,19)(H2,17,18,20). The number of carbonyl (C=O) groups excluding carboxylic acids is 2. The van der Waals surface area contributed by atoms with Crippen LogP contribution in [-0.2, 0) is 0 Å². The monoisotopic (exact) mass is 333 g/mol. The Morgan fingerprint density at radius 1 is 0.950 bits per heavy atom. The number of nitrogens with two attached hydrogens (primary N) is 1. The number of anilines is 2. The van der Waals surface area contributed by atoms with Gasteiger partial charge in [0.1, 0.15) is 0 Å². The van der Waals surface area contributed by atoms with Gasteiger partial charge in [-0.05, 0) is 52.3 Å². The lowest BCUT2D eigenvalue weighted by molar-refractivity contribution is 0.100. The summed E-state index contributed by atoms with van der Waals surface area (Å²) in [7, 11) is 0. The highest BCUT2D eigenvalue weighted by molar-refractivity contribution is 9.10. The molecule has 6 heteroatoms. The zero-order chi connectivity index (χ0) is 14.5. The third kappa shape index (κ3) is 3.58. The maximum absolute atomic E-state index is 11.8. The van der Waals surface area contributed by atoms with Gasteiger partial charge in [0.25, 0.3) is 0 Å². The Bertz CT molecular complexity index is 641. The molecule has 4 N–H and O–H groups in total. The molecule has 0 atom stereocenters. The molecule has 0 radical (unpaired) electrons. The average Bonchev–Trinajstić information content (AvgIpc) is 2.42. The maximum Gasteiger partial charge on any atom is 0.323 e. The molecular formula is C14H12BrN3O2. The van der Waals surface area contributed by atoms with Crippen LogP contribution in [0.5, 0.6) is 0 Å². The summed E-state index contributed by atoms with van der Waals surface area (Å²) in [5.41, 5.74) is 6.77. The lowest BCUT2D eigenvalue weighted by Gasteiger charge is -2.09. The van der Waals surface area contributed by atoms with Crippen LogP contribution >= 0.6 is 15.9 Å². The van der Waals surface area contributed by atoms with Gasteiger partial charge in [-0.1, -0.05) is 12.1 Å². The second-order valence-electron chi connectivity index (χ2n) is 4.00. The fourth-order valence-corrected chi connectivity index (χ4v) is 1.95. The second-order valence-corrected chi connectivity index (χ2v) is 4.85. The number of nitrogens with one attached hydrogen (secondary N) is 2. The van der Waals surface area contributed by atoms with Crippen LogP contribution in [-0.4, -0.2) is 11.9 Å².